The third kappa shape index (κ3) is 1.78. The summed E-state index contributed by atoms with van der Waals surface area (Å²) in [5, 5.41) is 20.2. The third-order valence-corrected chi connectivity index (χ3v) is 3.95. The van der Waals surface area contributed by atoms with Crippen LogP contribution in [0.2, 0.25) is 0 Å². The average Bonchev–Trinajstić information content (AvgIpc) is 2.33. The van der Waals surface area contributed by atoms with Gasteiger partial charge in [-0.25, -0.2) is 0 Å². The standard InChI is InChI=1S/C14H20O3/c1-5-14(16)7-6-11-10(4)12(15)8(2)9(3)13(11)17-14/h15-16H,5-7H2,1-4H3. The van der Waals surface area contributed by atoms with E-state index in [0.29, 0.717) is 18.6 Å². The van der Waals surface area contributed by atoms with E-state index in [4.69, 9.17) is 4.74 Å². The normalized spacial score (nSPS) is 23.1. The fourth-order valence-electron chi connectivity index (χ4n) is 2.42. The first-order valence-corrected chi connectivity index (χ1v) is 6.12. The van der Waals surface area contributed by atoms with E-state index in [2.05, 4.69) is 0 Å². The minimum Gasteiger partial charge on any atom is -0.507 e. The van der Waals surface area contributed by atoms with E-state index in [-0.39, 0.29) is 0 Å². The van der Waals surface area contributed by atoms with E-state index in [1.807, 2.05) is 27.7 Å². The van der Waals surface area contributed by atoms with Gasteiger partial charge in [-0.15, -0.1) is 0 Å². The molecule has 94 valence electrons. The number of aromatic hydroxyl groups is 1. The van der Waals surface area contributed by atoms with Gasteiger partial charge in [-0.2, -0.15) is 0 Å². The fourth-order valence-corrected chi connectivity index (χ4v) is 2.42. The topological polar surface area (TPSA) is 49.7 Å². The van der Waals surface area contributed by atoms with Crippen molar-refractivity contribution in [2.45, 2.75) is 52.7 Å². The molecule has 0 amide bonds. The number of ether oxygens (including phenoxy) is 1. The molecule has 1 unspecified atom stereocenters. The summed E-state index contributed by atoms with van der Waals surface area (Å²) in [4.78, 5) is 0. The minimum absolute atomic E-state index is 0.354. The maximum absolute atomic E-state index is 10.2. The van der Waals surface area contributed by atoms with Crippen LogP contribution in [0.3, 0.4) is 0 Å². The summed E-state index contributed by atoms with van der Waals surface area (Å²) in [6.45, 7) is 7.62. The SMILES string of the molecule is CCC1(O)CCc2c(C)c(O)c(C)c(C)c2O1. The first kappa shape index (κ1) is 12.2. The number of hydrogen-bond acceptors (Lipinski definition) is 3. The third-order valence-electron chi connectivity index (χ3n) is 3.95. The van der Waals surface area contributed by atoms with Crippen LogP contribution in [-0.2, 0) is 6.42 Å². The summed E-state index contributed by atoms with van der Waals surface area (Å²) >= 11 is 0. The number of aliphatic hydroxyl groups is 1. The molecule has 1 atom stereocenters. The molecule has 0 fully saturated rings. The average molecular weight is 236 g/mol. The van der Waals surface area contributed by atoms with Crippen molar-refractivity contribution in [3.63, 3.8) is 0 Å². The van der Waals surface area contributed by atoms with Crippen LogP contribution in [0, 0.1) is 20.8 Å². The smallest absolute Gasteiger partial charge is 0.208 e. The van der Waals surface area contributed by atoms with Gasteiger partial charge in [-0.1, -0.05) is 6.92 Å². The first-order chi connectivity index (χ1) is 7.89. The monoisotopic (exact) mass is 236 g/mol. The fraction of sp³-hybridized carbons (Fsp3) is 0.571. The number of phenols is 1. The van der Waals surface area contributed by atoms with Crippen molar-refractivity contribution in [1.29, 1.82) is 0 Å². The first-order valence-electron chi connectivity index (χ1n) is 6.12. The second-order valence-electron chi connectivity index (χ2n) is 4.93. The Bertz CT molecular complexity index is 465. The van der Waals surface area contributed by atoms with Crippen molar-refractivity contribution < 1.29 is 14.9 Å². The molecule has 2 rings (SSSR count). The van der Waals surface area contributed by atoms with Crippen LogP contribution in [0.5, 0.6) is 11.5 Å². The number of fused-ring (bicyclic) bond motifs is 1. The van der Waals surface area contributed by atoms with Crippen LogP contribution in [0.1, 0.15) is 42.0 Å². The molecule has 0 saturated carbocycles. The highest BCUT2D eigenvalue weighted by molar-refractivity contribution is 5.58. The molecule has 3 heteroatoms. The highest BCUT2D eigenvalue weighted by Crippen LogP contribution is 2.43. The molecule has 1 aromatic rings. The molecule has 3 nitrogen and oxygen atoms in total. The molecule has 1 heterocycles. The maximum Gasteiger partial charge on any atom is 0.208 e. The van der Waals surface area contributed by atoms with Crippen molar-refractivity contribution in [2.75, 3.05) is 0 Å². The Balaban J connectivity index is 2.59. The van der Waals surface area contributed by atoms with Crippen molar-refractivity contribution >= 4 is 0 Å². The van der Waals surface area contributed by atoms with Gasteiger partial charge in [0.25, 0.3) is 0 Å². The highest BCUT2D eigenvalue weighted by atomic mass is 16.6. The van der Waals surface area contributed by atoms with Gasteiger partial charge in [0, 0.05) is 18.4 Å². The van der Waals surface area contributed by atoms with Crippen LogP contribution >= 0.6 is 0 Å². The number of hydrogen-bond donors (Lipinski definition) is 2. The lowest BCUT2D eigenvalue weighted by molar-refractivity contribution is -0.152. The number of benzene rings is 1. The van der Waals surface area contributed by atoms with Crippen LogP contribution < -0.4 is 4.74 Å². The van der Waals surface area contributed by atoms with E-state index >= 15 is 0 Å². The van der Waals surface area contributed by atoms with E-state index in [1.54, 1.807) is 0 Å². The van der Waals surface area contributed by atoms with Gasteiger partial charge in [-0.3, -0.25) is 0 Å². The van der Waals surface area contributed by atoms with Crippen LogP contribution in [-0.4, -0.2) is 16.0 Å². The molecule has 0 saturated heterocycles. The zero-order valence-corrected chi connectivity index (χ0v) is 10.9. The summed E-state index contributed by atoms with van der Waals surface area (Å²) in [5.74, 6) is 0.0633. The quantitative estimate of drug-likeness (QED) is 0.788. The zero-order chi connectivity index (χ0) is 12.8. The Hall–Kier alpha value is -1.22. The van der Waals surface area contributed by atoms with Gasteiger partial charge >= 0.3 is 0 Å². The largest absolute Gasteiger partial charge is 0.507 e. The molecule has 17 heavy (non-hydrogen) atoms. The van der Waals surface area contributed by atoms with E-state index in [1.165, 1.54) is 0 Å². The number of phenolic OH excluding ortho intramolecular Hbond substituents is 1. The van der Waals surface area contributed by atoms with Gasteiger partial charge in [0.15, 0.2) is 0 Å². The van der Waals surface area contributed by atoms with Crippen molar-refractivity contribution in [1.82, 2.24) is 0 Å². The lowest BCUT2D eigenvalue weighted by Gasteiger charge is -2.35. The predicted octanol–water partition coefficient (Wildman–Crippen LogP) is 2.74. The summed E-state index contributed by atoms with van der Waals surface area (Å²) in [6.07, 6.45) is 1.91. The molecule has 0 aromatic heterocycles. The Kier molecular flexibility index (Phi) is 2.82. The molecular formula is C14H20O3. The lowest BCUT2D eigenvalue weighted by atomic mass is 9.90. The molecule has 0 aliphatic carbocycles. The minimum atomic E-state index is -1.05. The summed E-state index contributed by atoms with van der Waals surface area (Å²) in [7, 11) is 0. The Labute approximate surface area is 102 Å². The molecule has 1 aliphatic rings. The molecule has 0 bridgehead atoms. The van der Waals surface area contributed by atoms with Gasteiger partial charge in [-0.05, 0) is 43.9 Å². The van der Waals surface area contributed by atoms with Gasteiger partial charge in [0.05, 0.1) is 0 Å². The lowest BCUT2D eigenvalue weighted by Crippen LogP contribution is -2.39. The second-order valence-corrected chi connectivity index (χ2v) is 4.93. The molecular weight excluding hydrogens is 216 g/mol. The molecule has 0 radical (unpaired) electrons. The molecule has 2 N–H and O–H groups in total. The Morgan fingerprint density at radius 1 is 1.18 bits per heavy atom. The maximum atomic E-state index is 10.2. The van der Waals surface area contributed by atoms with E-state index in [9.17, 15) is 10.2 Å². The molecule has 0 spiro atoms. The predicted molar refractivity (Wildman–Crippen MR) is 66.5 cm³/mol. The zero-order valence-electron chi connectivity index (χ0n) is 10.9. The second kappa shape index (κ2) is 3.91. The summed E-state index contributed by atoms with van der Waals surface area (Å²) < 4.78 is 5.76. The van der Waals surface area contributed by atoms with E-state index < -0.39 is 5.79 Å². The van der Waals surface area contributed by atoms with Crippen molar-refractivity contribution in [2.24, 2.45) is 0 Å². The van der Waals surface area contributed by atoms with Crippen LogP contribution in [0.15, 0.2) is 0 Å². The van der Waals surface area contributed by atoms with Crippen molar-refractivity contribution in [3.05, 3.63) is 22.3 Å². The Morgan fingerprint density at radius 2 is 1.82 bits per heavy atom. The van der Waals surface area contributed by atoms with Crippen LogP contribution in [0.25, 0.3) is 0 Å². The number of rotatable bonds is 1. The Morgan fingerprint density at radius 3 is 2.41 bits per heavy atom. The van der Waals surface area contributed by atoms with Gasteiger partial charge in [0.1, 0.15) is 11.5 Å². The highest BCUT2D eigenvalue weighted by Gasteiger charge is 2.34. The molecule has 1 aromatic carbocycles. The van der Waals surface area contributed by atoms with Crippen LogP contribution in [0.4, 0.5) is 0 Å². The summed E-state index contributed by atoms with van der Waals surface area (Å²) in [6, 6.07) is 0. The van der Waals surface area contributed by atoms with E-state index in [0.717, 1.165) is 34.4 Å². The van der Waals surface area contributed by atoms with Crippen molar-refractivity contribution in [3.8, 4) is 11.5 Å². The summed E-state index contributed by atoms with van der Waals surface area (Å²) in [5.41, 5.74) is 3.67. The van der Waals surface area contributed by atoms with Gasteiger partial charge in [0.2, 0.25) is 5.79 Å². The van der Waals surface area contributed by atoms with Gasteiger partial charge < -0.3 is 14.9 Å². The molecule has 1 aliphatic heterocycles.